The predicted molar refractivity (Wildman–Crippen MR) is 79.8 cm³/mol. The van der Waals surface area contributed by atoms with E-state index in [9.17, 15) is 9.59 Å². The second-order valence-electron chi connectivity index (χ2n) is 5.93. The quantitative estimate of drug-likeness (QED) is 0.866. The summed E-state index contributed by atoms with van der Waals surface area (Å²) >= 11 is 0. The molecule has 1 fully saturated rings. The van der Waals surface area contributed by atoms with Gasteiger partial charge in [0.25, 0.3) is 5.91 Å². The van der Waals surface area contributed by atoms with Crippen LogP contribution in [0.15, 0.2) is 18.2 Å². The smallest absolute Gasteiger partial charge is 0.255 e. The molecule has 1 aliphatic heterocycles. The van der Waals surface area contributed by atoms with Gasteiger partial charge < -0.3 is 10.1 Å². The lowest BCUT2D eigenvalue weighted by Crippen LogP contribution is -2.24. The normalized spacial score (nSPS) is 18.6. The second kappa shape index (κ2) is 6.29. The third-order valence-corrected chi connectivity index (χ3v) is 4.45. The first-order valence-electron chi connectivity index (χ1n) is 7.82. The Labute approximate surface area is 124 Å². The molecule has 4 nitrogen and oxygen atoms in total. The Kier molecular flexibility index (Phi) is 4.23. The number of benzene rings is 1. The third kappa shape index (κ3) is 3.26. The monoisotopic (exact) mass is 287 g/mol. The highest BCUT2D eigenvalue weighted by Gasteiger charge is 2.20. The average Bonchev–Trinajstić information content (AvgIpc) is 2.95. The largest absolute Gasteiger partial charge is 0.491 e. The predicted octanol–water partition coefficient (Wildman–Crippen LogP) is 2.96. The average molecular weight is 287 g/mol. The van der Waals surface area contributed by atoms with Gasteiger partial charge in [0, 0.05) is 12.0 Å². The van der Waals surface area contributed by atoms with E-state index in [0.717, 1.165) is 6.42 Å². The van der Waals surface area contributed by atoms with Gasteiger partial charge >= 0.3 is 0 Å². The molecule has 112 valence electrons. The van der Waals surface area contributed by atoms with Crippen LogP contribution in [0.3, 0.4) is 0 Å². The maximum absolute atomic E-state index is 12.3. The molecule has 0 spiro atoms. The fourth-order valence-corrected chi connectivity index (χ4v) is 3.21. The summed E-state index contributed by atoms with van der Waals surface area (Å²) < 4.78 is 5.50. The molecule has 0 unspecified atom stereocenters. The van der Waals surface area contributed by atoms with Crippen molar-refractivity contribution in [2.24, 2.45) is 5.92 Å². The van der Waals surface area contributed by atoms with Crippen molar-refractivity contribution in [3.8, 4) is 5.75 Å². The van der Waals surface area contributed by atoms with E-state index in [2.05, 4.69) is 5.32 Å². The number of hydrogen-bond donors (Lipinski definition) is 1. The van der Waals surface area contributed by atoms with Crippen molar-refractivity contribution in [3.05, 3.63) is 29.3 Å². The van der Waals surface area contributed by atoms with E-state index in [1.807, 2.05) is 0 Å². The van der Waals surface area contributed by atoms with E-state index in [0.29, 0.717) is 42.4 Å². The van der Waals surface area contributed by atoms with Crippen LogP contribution in [0, 0.1) is 5.92 Å². The number of Topliss-reactive ketones (excluding diaryl/α,β-unsaturated/α-hetero) is 1. The topological polar surface area (TPSA) is 55.4 Å². The minimum absolute atomic E-state index is 0.127. The van der Waals surface area contributed by atoms with Crippen LogP contribution in [0.4, 0.5) is 0 Å². The standard InChI is InChI=1S/C17H21NO3/c19-15(7-5-12-3-1-2-4-12)13-6-8-16-14(11-13)17(20)18-9-10-21-16/h6,8,11-12H,1-5,7,9-10H2,(H,18,20). The molecular weight excluding hydrogens is 266 g/mol. The highest BCUT2D eigenvalue weighted by molar-refractivity contribution is 6.02. The van der Waals surface area contributed by atoms with Crippen molar-refractivity contribution >= 4 is 11.7 Å². The summed E-state index contributed by atoms with van der Waals surface area (Å²) in [5.41, 5.74) is 1.09. The fourth-order valence-electron chi connectivity index (χ4n) is 3.21. The van der Waals surface area contributed by atoms with Crippen molar-refractivity contribution in [1.29, 1.82) is 0 Å². The second-order valence-corrected chi connectivity index (χ2v) is 5.93. The molecule has 4 heteroatoms. The molecule has 3 rings (SSSR count). The molecule has 2 aliphatic rings. The molecule has 0 aromatic heterocycles. The summed E-state index contributed by atoms with van der Waals surface area (Å²) in [5, 5.41) is 2.77. The lowest BCUT2D eigenvalue weighted by molar-refractivity contribution is 0.0957. The van der Waals surface area contributed by atoms with Gasteiger partial charge in [0.2, 0.25) is 0 Å². The third-order valence-electron chi connectivity index (χ3n) is 4.45. The van der Waals surface area contributed by atoms with E-state index in [-0.39, 0.29) is 11.7 Å². The van der Waals surface area contributed by atoms with Crippen molar-refractivity contribution in [3.63, 3.8) is 0 Å². The molecule has 1 N–H and O–H groups in total. The van der Waals surface area contributed by atoms with E-state index in [1.165, 1.54) is 25.7 Å². The molecule has 1 aromatic rings. The SMILES string of the molecule is O=C(CCC1CCCC1)c1ccc2c(c1)C(=O)NCCO2. The summed E-state index contributed by atoms with van der Waals surface area (Å²) in [6.45, 7) is 0.964. The van der Waals surface area contributed by atoms with Gasteiger partial charge in [0.1, 0.15) is 12.4 Å². The molecular formula is C17H21NO3. The highest BCUT2D eigenvalue weighted by atomic mass is 16.5. The van der Waals surface area contributed by atoms with Gasteiger partial charge in [-0.25, -0.2) is 0 Å². The Bertz CT molecular complexity index is 547. The number of nitrogens with one attached hydrogen (secondary N) is 1. The maximum Gasteiger partial charge on any atom is 0.255 e. The Hall–Kier alpha value is -1.84. The number of carbonyl (C=O) groups is 2. The highest BCUT2D eigenvalue weighted by Crippen LogP contribution is 2.29. The van der Waals surface area contributed by atoms with Gasteiger partial charge in [0.15, 0.2) is 5.78 Å². The summed E-state index contributed by atoms with van der Waals surface area (Å²) in [4.78, 5) is 24.3. The molecule has 1 aliphatic carbocycles. The first-order valence-corrected chi connectivity index (χ1v) is 7.82. The van der Waals surface area contributed by atoms with Gasteiger partial charge in [-0.15, -0.1) is 0 Å². The zero-order valence-electron chi connectivity index (χ0n) is 12.2. The molecule has 0 radical (unpaired) electrons. The Morgan fingerprint density at radius 2 is 2.10 bits per heavy atom. The number of ether oxygens (including phenoxy) is 1. The molecule has 0 saturated heterocycles. The Balaban J connectivity index is 1.70. The van der Waals surface area contributed by atoms with Crippen LogP contribution in [0.25, 0.3) is 0 Å². The van der Waals surface area contributed by atoms with Gasteiger partial charge in [-0.2, -0.15) is 0 Å². The van der Waals surface area contributed by atoms with Gasteiger partial charge in [0.05, 0.1) is 12.1 Å². The summed E-state index contributed by atoms with van der Waals surface area (Å²) in [7, 11) is 0. The van der Waals surface area contributed by atoms with Crippen LogP contribution in [0.2, 0.25) is 0 Å². The van der Waals surface area contributed by atoms with Crippen molar-refractivity contribution in [2.45, 2.75) is 38.5 Å². The number of fused-ring (bicyclic) bond motifs is 1. The van der Waals surface area contributed by atoms with Crippen molar-refractivity contribution in [1.82, 2.24) is 5.32 Å². The fraction of sp³-hybridized carbons (Fsp3) is 0.529. The lowest BCUT2D eigenvalue weighted by atomic mass is 9.96. The van der Waals surface area contributed by atoms with E-state index >= 15 is 0 Å². The number of carbonyl (C=O) groups excluding carboxylic acids is 2. The Morgan fingerprint density at radius 1 is 1.29 bits per heavy atom. The van der Waals surface area contributed by atoms with E-state index in [4.69, 9.17) is 4.74 Å². The first-order chi connectivity index (χ1) is 10.2. The maximum atomic E-state index is 12.3. The molecule has 1 amide bonds. The number of hydrogen-bond acceptors (Lipinski definition) is 3. The molecule has 1 aromatic carbocycles. The minimum Gasteiger partial charge on any atom is -0.491 e. The van der Waals surface area contributed by atoms with Crippen LogP contribution < -0.4 is 10.1 Å². The van der Waals surface area contributed by atoms with Crippen molar-refractivity contribution in [2.75, 3.05) is 13.2 Å². The van der Waals surface area contributed by atoms with Gasteiger partial charge in [-0.1, -0.05) is 25.7 Å². The van der Waals surface area contributed by atoms with Crippen molar-refractivity contribution < 1.29 is 14.3 Å². The zero-order valence-corrected chi connectivity index (χ0v) is 12.2. The molecule has 1 saturated carbocycles. The lowest BCUT2D eigenvalue weighted by Gasteiger charge is -2.10. The van der Waals surface area contributed by atoms with E-state index < -0.39 is 0 Å². The minimum atomic E-state index is -0.159. The summed E-state index contributed by atoms with van der Waals surface area (Å²) in [5.74, 6) is 1.24. The van der Waals surface area contributed by atoms with Crippen LogP contribution >= 0.6 is 0 Å². The first kappa shape index (κ1) is 14.1. The molecule has 21 heavy (non-hydrogen) atoms. The van der Waals surface area contributed by atoms with Crippen LogP contribution in [0.1, 0.15) is 59.2 Å². The van der Waals surface area contributed by atoms with Crippen LogP contribution in [-0.2, 0) is 0 Å². The Morgan fingerprint density at radius 3 is 2.90 bits per heavy atom. The molecule has 0 bridgehead atoms. The van der Waals surface area contributed by atoms with Crippen LogP contribution in [0.5, 0.6) is 5.75 Å². The van der Waals surface area contributed by atoms with Gasteiger partial charge in [-0.3, -0.25) is 9.59 Å². The zero-order chi connectivity index (χ0) is 14.7. The number of rotatable bonds is 4. The number of amides is 1. The van der Waals surface area contributed by atoms with E-state index in [1.54, 1.807) is 18.2 Å². The number of ketones is 1. The summed E-state index contributed by atoms with van der Waals surface area (Å²) in [6.07, 6.45) is 6.66. The molecule has 0 atom stereocenters. The van der Waals surface area contributed by atoms with Gasteiger partial charge in [-0.05, 0) is 30.5 Å². The summed E-state index contributed by atoms with van der Waals surface area (Å²) in [6, 6.07) is 5.18. The van der Waals surface area contributed by atoms with Crippen LogP contribution in [-0.4, -0.2) is 24.8 Å². The molecule has 1 heterocycles.